The topological polar surface area (TPSA) is 62.3 Å². The minimum Gasteiger partial charge on any atom is -0.497 e. The Morgan fingerprint density at radius 1 is 1.11 bits per heavy atom. The lowest BCUT2D eigenvalue weighted by molar-refractivity contribution is -0.137. The number of rotatable bonds is 7. The molecule has 0 saturated carbocycles. The molecule has 7 heteroatoms. The minimum atomic E-state index is -0.0232. The first kappa shape index (κ1) is 19.5. The summed E-state index contributed by atoms with van der Waals surface area (Å²) in [7, 11) is 3.57. The number of amides is 2. The van der Waals surface area contributed by atoms with Gasteiger partial charge < -0.3 is 19.3 Å². The zero-order valence-corrected chi connectivity index (χ0v) is 16.2. The summed E-state index contributed by atoms with van der Waals surface area (Å²) in [6.45, 7) is 3.57. The summed E-state index contributed by atoms with van der Waals surface area (Å²) in [5, 5.41) is 0. The molecule has 2 aliphatic heterocycles. The summed E-state index contributed by atoms with van der Waals surface area (Å²) >= 11 is 0. The molecular weight excluding hydrogens is 346 g/mol. The van der Waals surface area contributed by atoms with Gasteiger partial charge in [0.25, 0.3) is 5.91 Å². The molecule has 1 atom stereocenters. The maximum absolute atomic E-state index is 12.6. The Labute approximate surface area is 160 Å². The van der Waals surface area contributed by atoms with Crippen molar-refractivity contribution in [2.24, 2.45) is 0 Å². The molecule has 0 aliphatic carbocycles. The Bertz CT molecular complexity index is 662. The highest BCUT2D eigenvalue weighted by atomic mass is 16.5. The Morgan fingerprint density at radius 2 is 1.85 bits per heavy atom. The van der Waals surface area contributed by atoms with Crippen LogP contribution in [-0.4, -0.2) is 86.0 Å². The predicted molar refractivity (Wildman–Crippen MR) is 102 cm³/mol. The third kappa shape index (κ3) is 5.13. The molecule has 0 aromatic heterocycles. The molecule has 2 heterocycles. The van der Waals surface area contributed by atoms with Crippen LogP contribution in [0, 0.1) is 0 Å². The lowest BCUT2D eigenvalue weighted by Gasteiger charge is -2.39. The second kappa shape index (κ2) is 9.08. The van der Waals surface area contributed by atoms with Crippen LogP contribution < -0.4 is 9.47 Å². The summed E-state index contributed by atoms with van der Waals surface area (Å²) in [4.78, 5) is 30.6. The number of ether oxygens (including phenoxy) is 2. The highest BCUT2D eigenvalue weighted by Crippen LogP contribution is 2.20. The molecule has 3 rings (SSSR count). The average molecular weight is 375 g/mol. The number of likely N-dealkylation sites (N-methyl/N-ethyl adjacent to an activating group) is 1. The standard InChI is InChI=1S/C20H29N3O4/c1-21(14-19(24)22-10-5-11-22)16-6-4-9-23(13-16)20(25)15-27-18-8-3-7-17(12-18)26-2/h3,7-8,12,16H,4-6,9-11,13-15H2,1-2H3. The van der Waals surface area contributed by atoms with Crippen molar-refractivity contribution in [2.75, 3.05) is 53.5 Å². The molecule has 0 N–H and O–H groups in total. The molecule has 148 valence electrons. The molecular formula is C20H29N3O4. The molecule has 1 unspecified atom stereocenters. The maximum atomic E-state index is 12.6. The van der Waals surface area contributed by atoms with Crippen molar-refractivity contribution < 1.29 is 19.1 Å². The van der Waals surface area contributed by atoms with E-state index in [1.807, 2.05) is 35.0 Å². The van der Waals surface area contributed by atoms with Crippen LogP contribution in [0.25, 0.3) is 0 Å². The molecule has 1 aromatic carbocycles. The van der Waals surface area contributed by atoms with E-state index >= 15 is 0 Å². The van der Waals surface area contributed by atoms with E-state index in [0.717, 1.165) is 38.9 Å². The van der Waals surface area contributed by atoms with Gasteiger partial charge in [0, 0.05) is 38.3 Å². The van der Waals surface area contributed by atoms with Crippen molar-refractivity contribution in [2.45, 2.75) is 25.3 Å². The van der Waals surface area contributed by atoms with Gasteiger partial charge in [-0.15, -0.1) is 0 Å². The molecule has 7 nitrogen and oxygen atoms in total. The number of methoxy groups -OCH3 is 1. The van der Waals surface area contributed by atoms with Crippen LogP contribution in [0.3, 0.4) is 0 Å². The van der Waals surface area contributed by atoms with Gasteiger partial charge in [0.2, 0.25) is 5.91 Å². The highest BCUT2D eigenvalue weighted by Gasteiger charge is 2.29. The summed E-state index contributed by atoms with van der Waals surface area (Å²) in [6.07, 6.45) is 3.05. The number of piperidine rings is 1. The van der Waals surface area contributed by atoms with Crippen LogP contribution in [0.4, 0.5) is 0 Å². The lowest BCUT2D eigenvalue weighted by Crippen LogP contribution is -2.53. The average Bonchev–Trinajstić information content (AvgIpc) is 2.64. The zero-order valence-electron chi connectivity index (χ0n) is 16.2. The number of carbonyl (C=O) groups excluding carboxylic acids is 2. The molecule has 27 heavy (non-hydrogen) atoms. The maximum Gasteiger partial charge on any atom is 0.260 e. The molecule has 0 radical (unpaired) electrons. The zero-order chi connectivity index (χ0) is 19.2. The Kier molecular flexibility index (Phi) is 6.55. The number of hydrogen-bond acceptors (Lipinski definition) is 5. The minimum absolute atomic E-state index is 0.0102. The van der Waals surface area contributed by atoms with Crippen LogP contribution >= 0.6 is 0 Å². The highest BCUT2D eigenvalue weighted by molar-refractivity contribution is 5.79. The van der Waals surface area contributed by atoms with E-state index in [1.54, 1.807) is 13.2 Å². The first-order chi connectivity index (χ1) is 13.1. The van der Waals surface area contributed by atoms with Gasteiger partial charge in [-0.1, -0.05) is 6.07 Å². The van der Waals surface area contributed by atoms with Crippen molar-refractivity contribution in [3.63, 3.8) is 0 Å². The Hall–Kier alpha value is -2.28. The van der Waals surface area contributed by atoms with Crippen molar-refractivity contribution in [3.8, 4) is 11.5 Å². The van der Waals surface area contributed by atoms with Crippen molar-refractivity contribution >= 4 is 11.8 Å². The van der Waals surface area contributed by atoms with Crippen LogP contribution in [0.2, 0.25) is 0 Å². The first-order valence-electron chi connectivity index (χ1n) is 9.59. The van der Waals surface area contributed by atoms with Crippen LogP contribution in [0.15, 0.2) is 24.3 Å². The summed E-state index contributed by atoms with van der Waals surface area (Å²) in [5.41, 5.74) is 0. The predicted octanol–water partition coefficient (Wildman–Crippen LogP) is 1.23. The fourth-order valence-corrected chi connectivity index (χ4v) is 3.48. The van der Waals surface area contributed by atoms with Gasteiger partial charge in [0.1, 0.15) is 11.5 Å². The first-order valence-corrected chi connectivity index (χ1v) is 9.59. The summed E-state index contributed by atoms with van der Waals surface area (Å²) in [5.74, 6) is 1.48. The Balaban J connectivity index is 1.47. The van der Waals surface area contributed by atoms with Gasteiger partial charge in [0.05, 0.1) is 13.7 Å². The van der Waals surface area contributed by atoms with Crippen LogP contribution in [-0.2, 0) is 9.59 Å². The third-order valence-corrected chi connectivity index (χ3v) is 5.37. The monoisotopic (exact) mass is 375 g/mol. The van der Waals surface area contributed by atoms with E-state index in [-0.39, 0.29) is 24.5 Å². The van der Waals surface area contributed by atoms with E-state index in [2.05, 4.69) is 4.90 Å². The normalized spacial score (nSPS) is 19.6. The summed E-state index contributed by atoms with van der Waals surface area (Å²) < 4.78 is 10.8. The Morgan fingerprint density at radius 3 is 2.56 bits per heavy atom. The van der Waals surface area contributed by atoms with Crippen LogP contribution in [0.5, 0.6) is 11.5 Å². The summed E-state index contributed by atoms with van der Waals surface area (Å²) in [6, 6.07) is 7.46. The van der Waals surface area contributed by atoms with Crippen LogP contribution in [0.1, 0.15) is 19.3 Å². The van der Waals surface area contributed by atoms with E-state index in [1.165, 1.54) is 0 Å². The van der Waals surface area contributed by atoms with Crippen molar-refractivity contribution in [3.05, 3.63) is 24.3 Å². The smallest absolute Gasteiger partial charge is 0.260 e. The number of nitrogens with zero attached hydrogens (tertiary/aromatic N) is 3. The van der Waals surface area contributed by atoms with E-state index in [0.29, 0.717) is 24.6 Å². The second-order valence-electron chi connectivity index (χ2n) is 7.25. The van der Waals surface area contributed by atoms with E-state index < -0.39 is 0 Å². The van der Waals surface area contributed by atoms with Gasteiger partial charge in [0.15, 0.2) is 6.61 Å². The van der Waals surface area contributed by atoms with Gasteiger partial charge in [-0.25, -0.2) is 0 Å². The quantitative estimate of drug-likeness (QED) is 0.717. The molecule has 1 aromatic rings. The molecule has 0 spiro atoms. The number of hydrogen-bond donors (Lipinski definition) is 0. The van der Waals surface area contributed by atoms with Gasteiger partial charge in [-0.05, 0) is 38.4 Å². The SMILES string of the molecule is COc1cccc(OCC(=O)N2CCCC(N(C)CC(=O)N3CCC3)C2)c1. The molecule has 0 bridgehead atoms. The number of likely N-dealkylation sites (tertiary alicyclic amines) is 2. The number of benzene rings is 1. The van der Waals surface area contributed by atoms with Crippen molar-refractivity contribution in [1.29, 1.82) is 0 Å². The van der Waals surface area contributed by atoms with E-state index in [9.17, 15) is 9.59 Å². The van der Waals surface area contributed by atoms with Gasteiger partial charge in [-0.3, -0.25) is 14.5 Å². The molecule has 2 fully saturated rings. The fourth-order valence-electron chi connectivity index (χ4n) is 3.48. The van der Waals surface area contributed by atoms with Crippen molar-refractivity contribution in [1.82, 2.24) is 14.7 Å². The molecule has 2 saturated heterocycles. The molecule has 2 amide bonds. The lowest BCUT2D eigenvalue weighted by atomic mass is 10.0. The number of carbonyl (C=O) groups is 2. The van der Waals surface area contributed by atoms with Gasteiger partial charge in [-0.2, -0.15) is 0 Å². The third-order valence-electron chi connectivity index (χ3n) is 5.37. The van der Waals surface area contributed by atoms with E-state index in [4.69, 9.17) is 9.47 Å². The molecule has 2 aliphatic rings. The second-order valence-corrected chi connectivity index (χ2v) is 7.25. The fraction of sp³-hybridized carbons (Fsp3) is 0.600. The van der Waals surface area contributed by atoms with Gasteiger partial charge >= 0.3 is 0 Å². The largest absolute Gasteiger partial charge is 0.497 e.